The van der Waals surface area contributed by atoms with Crippen molar-refractivity contribution >= 4 is 15.9 Å². The molecule has 2 rings (SSSR count). The van der Waals surface area contributed by atoms with E-state index in [4.69, 9.17) is 0 Å². The predicted molar refractivity (Wildman–Crippen MR) is 59.5 cm³/mol. The van der Waals surface area contributed by atoms with Crippen molar-refractivity contribution in [3.8, 4) is 11.1 Å². The van der Waals surface area contributed by atoms with Crippen molar-refractivity contribution in [2.45, 2.75) is 0 Å². The summed E-state index contributed by atoms with van der Waals surface area (Å²) in [5.74, 6) is -0.654. The molecule has 0 aromatic heterocycles. The van der Waals surface area contributed by atoms with Crippen LogP contribution in [0.1, 0.15) is 0 Å². The molecule has 0 aliphatic rings. The van der Waals surface area contributed by atoms with Crippen molar-refractivity contribution in [2.75, 3.05) is 0 Å². The van der Waals surface area contributed by atoms with Gasteiger partial charge in [0.05, 0.1) is 4.47 Å². The van der Waals surface area contributed by atoms with E-state index in [0.717, 1.165) is 0 Å². The van der Waals surface area contributed by atoms with E-state index in [1.807, 2.05) is 0 Å². The minimum absolute atomic E-state index is 0.325. The van der Waals surface area contributed by atoms with Gasteiger partial charge in [-0.2, -0.15) is 0 Å². The lowest BCUT2D eigenvalue weighted by Gasteiger charge is -2.04. The summed E-state index contributed by atoms with van der Waals surface area (Å²) in [6.07, 6.45) is 0. The molecular formula is C12H7BrF2. The molecule has 76 valence electrons. The molecule has 0 fully saturated rings. The molecule has 0 aliphatic heterocycles. The van der Waals surface area contributed by atoms with Crippen molar-refractivity contribution in [3.63, 3.8) is 0 Å². The largest absolute Gasteiger partial charge is 0.207 e. The third kappa shape index (κ3) is 2.07. The van der Waals surface area contributed by atoms with Crippen molar-refractivity contribution in [3.05, 3.63) is 58.6 Å². The Morgan fingerprint density at radius 3 is 2.20 bits per heavy atom. The van der Waals surface area contributed by atoms with E-state index in [9.17, 15) is 8.78 Å². The third-order valence-electron chi connectivity index (χ3n) is 2.11. The number of hydrogen-bond acceptors (Lipinski definition) is 0. The summed E-state index contributed by atoms with van der Waals surface area (Å²) in [5.41, 5.74) is 1.12. The monoisotopic (exact) mass is 268 g/mol. The SMILES string of the molecule is Fc1ccc(-c2cccc(Br)c2F)cc1. The molecule has 3 heteroatoms. The molecule has 0 spiro atoms. The van der Waals surface area contributed by atoms with Gasteiger partial charge in [-0.15, -0.1) is 0 Å². The average molecular weight is 269 g/mol. The van der Waals surface area contributed by atoms with E-state index in [2.05, 4.69) is 15.9 Å². The summed E-state index contributed by atoms with van der Waals surface area (Å²) in [4.78, 5) is 0. The second-order valence-corrected chi connectivity index (χ2v) is 3.96. The lowest BCUT2D eigenvalue weighted by molar-refractivity contribution is 0.622. The number of halogens is 3. The molecule has 0 saturated heterocycles. The van der Waals surface area contributed by atoms with Crippen LogP contribution in [-0.4, -0.2) is 0 Å². The van der Waals surface area contributed by atoms with Crippen LogP contribution in [0.4, 0.5) is 8.78 Å². The van der Waals surface area contributed by atoms with Crippen LogP contribution >= 0.6 is 15.9 Å². The summed E-state index contributed by atoms with van der Waals surface area (Å²) < 4.78 is 26.7. The molecule has 0 aliphatic carbocycles. The first-order valence-corrected chi connectivity index (χ1v) is 5.18. The zero-order valence-corrected chi connectivity index (χ0v) is 9.26. The van der Waals surface area contributed by atoms with E-state index in [1.54, 1.807) is 30.3 Å². The lowest BCUT2D eigenvalue weighted by Crippen LogP contribution is -1.85. The Morgan fingerprint density at radius 1 is 0.867 bits per heavy atom. The first kappa shape index (κ1) is 10.3. The summed E-state index contributed by atoms with van der Waals surface area (Å²) in [7, 11) is 0. The van der Waals surface area contributed by atoms with Gasteiger partial charge in [-0.05, 0) is 39.7 Å². The van der Waals surface area contributed by atoms with E-state index < -0.39 is 0 Å². The Bertz CT molecular complexity index is 477. The van der Waals surface area contributed by atoms with Gasteiger partial charge in [-0.3, -0.25) is 0 Å². The molecular weight excluding hydrogens is 262 g/mol. The second kappa shape index (κ2) is 4.11. The van der Waals surface area contributed by atoms with E-state index in [0.29, 0.717) is 15.6 Å². The van der Waals surface area contributed by atoms with Gasteiger partial charge in [0, 0.05) is 5.56 Å². The van der Waals surface area contributed by atoms with Gasteiger partial charge >= 0.3 is 0 Å². The first-order chi connectivity index (χ1) is 7.18. The van der Waals surface area contributed by atoms with E-state index in [1.165, 1.54) is 12.1 Å². The fourth-order valence-electron chi connectivity index (χ4n) is 1.36. The molecule has 0 heterocycles. The number of hydrogen-bond donors (Lipinski definition) is 0. The zero-order chi connectivity index (χ0) is 10.8. The highest BCUT2D eigenvalue weighted by Gasteiger charge is 2.07. The minimum atomic E-state index is -0.330. The Balaban J connectivity index is 2.54. The van der Waals surface area contributed by atoms with Gasteiger partial charge in [0.2, 0.25) is 0 Å². The maximum atomic E-state index is 13.6. The molecule has 0 atom stereocenters. The molecule has 0 saturated carbocycles. The smallest absolute Gasteiger partial charge is 0.145 e. The summed E-state index contributed by atoms with van der Waals surface area (Å²) in [6.45, 7) is 0. The maximum Gasteiger partial charge on any atom is 0.145 e. The van der Waals surface area contributed by atoms with Gasteiger partial charge in [-0.1, -0.05) is 24.3 Å². The molecule has 2 aromatic carbocycles. The highest BCUT2D eigenvalue weighted by atomic mass is 79.9. The molecule has 0 nitrogen and oxygen atoms in total. The quantitative estimate of drug-likeness (QED) is 0.720. The summed E-state index contributed by atoms with van der Waals surface area (Å²) in [5, 5.41) is 0. The van der Waals surface area contributed by atoms with Crippen molar-refractivity contribution in [2.24, 2.45) is 0 Å². The average Bonchev–Trinajstić information content (AvgIpc) is 2.24. The van der Waals surface area contributed by atoms with Crippen molar-refractivity contribution in [1.29, 1.82) is 0 Å². The summed E-state index contributed by atoms with van der Waals surface area (Å²) in [6, 6.07) is 10.8. The fourth-order valence-corrected chi connectivity index (χ4v) is 1.72. The molecule has 15 heavy (non-hydrogen) atoms. The van der Waals surface area contributed by atoms with Crippen LogP contribution in [0, 0.1) is 11.6 Å². The maximum absolute atomic E-state index is 13.6. The fraction of sp³-hybridized carbons (Fsp3) is 0. The van der Waals surface area contributed by atoms with Crippen LogP contribution in [0.5, 0.6) is 0 Å². The number of benzene rings is 2. The lowest BCUT2D eigenvalue weighted by atomic mass is 10.1. The zero-order valence-electron chi connectivity index (χ0n) is 7.68. The van der Waals surface area contributed by atoms with Crippen LogP contribution in [-0.2, 0) is 0 Å². The Morgan fingerprint density at radius 2 is 1.53 bits per heavy atom. The van der Waals surface area contributed by atoms with Gasteiger partial charge in [0.15, 0.2) is 0 Å². The van der Waals surface area contributed by atoms with Crippen molar-refractivity contribution in [1.82, 2.24) is 0 Å². The second-order valence-electron chi connectivity index (χ2n) is 3.11. The van der Waals surface area contributed by atoms with Crippen LogP contribution in [0.3, 0.4) is 0 Å². The molecule has 2 aromatic rings. The Kier molecular flexibility index (Phi) is 2.82. The van der Waals surface area contributed by atoms with Gasteiger partial charge in [0.1, 0.15) is 11.6 Å². The highest BCUT2D eigenvalue weighted by molar-refractivity contribution is 9.10. The van der Waals surface area contributed by atoms with Crippen LogP contribution in [0.25, 0.3) is 11.1 Å². The van der Waals surface area contributed by atoms with Gasteiger partial charge in [-0.25, -0.2) is 8.78 Å². The summed E-state index contributed by atoms with van der Waals surface area (Å²) >= 11 is 3.11. The van der Waals surface area contributed by atoms with Crippen molar-refractivity contribution < 1.29 is 8.78 Å². The topological polar surface area (TPSA) is 0 Å². The standard InChI is InChI=1S/C12H7BrF2/c13-11-3-1-2-10(12(11)15)8-4-6-9(14)7-5-8/h1-7H. The number of rotatable bonds is 1. The Hall–Kier alpha value is -1.22. The highest BCUT2D eigenvalue weighted by Crippen LogP contribution is 2.27. The Labute approximate surface area is 94.7 Å². The van der Waals surface area contributed by atoms with Crippen LogP contribution in [0.2, 0.25) is 0 Å². The normalized spacial score (nSPS) is 10.3. The molecule has 0 N–H and O–H groups in total. The predicted octanol–water partition coefficient (Wildman–Crippen LogP) is 4.39. The molecule has 0 amide bonds. The molecule has 0 bridgehead atoms. The third-order valence-corrected chi connectivity index (χ3v) is 2.72. The first-order valence-electron chi connectivity index (χ1n) is 4.38. The van der Waals surface area contributed by atoms with E-state index in [-0.39, 0.29) is 11.6 Å². The van der Waals surface area contributed by atoms with Gasteiger partial charge < -0.3 is 0 Å². The minimum Gasteiger partial charge on any atom is -0.207 e. The molecule has 0 radical (unpaired) electrons. The molecule has 0 unspecified atom stereocenters. The van der Waals surface area contributed by atoms with Crippen LogP contribution < -0.4 is 0 Å². The van der Waals surface area contributed by atoms with Crippen LogP contribution in [0.15, 0.2) is 46.9 Å². The van der Waals surface area contributed by atoms with E-state index >= 15 is 0 Å². The van der Waals surface area contributed by atoms with Gasteiger partial charge in [0.25, 0.3) is 0 Å².